The van der Waals surface area contributed by atoms with Gasteiger partial charge in [-0.1, -0.05) is 73.1 Å². The number of carbonyl (C=O) groups excluding carboxylic acids is 2. The normalized spacial score (nSPS) is 12.8. The third-order valence-electron chi connectivity index (χ3n) is 6.36. The standard InChI is InChI=1S/C29H34ClN3O4S/c1-4-22(2)31-29(35)23(3)32(19-18-24-12-7-5-8-13-24)28(34)21-33(26-15-11-14-25(30)20-26)38(36,37)27-16-9-6-10-17-27/h5-17,20,22-23H,4,18-19,21H2,1-3H3,(H,31,35)/t22-,23+/m1/s1. The average molecular weight is 556 g/mol. The summed E-state index contributed by atoms with van der Waals surface area (Å²) in [4.78, 5) is 28.3. The monoisotopic (exact) mass is 555 g/mol. The van der Waals surface area contributed by atoms with Crippen LogP contribution in [-0.4, -0.2) is 50.3 Å². The van der Waals surface area contributed by atoms with E-state index in [1.165, 1.54) is 23.1 Å². The van der Waals surface area contributed by atoms with E-state index >= 15 is 0 Å². The number of amides is 2. The smallest absolute Gasteiger partial charge is 0.264 e. The van der Waals surface area contributed by atoms with Crippen LogP contribution in [0, 0.1) is 0 Å². The molecular formula is C29H34ClN3O4S. The fraction of sp³-hybridized carbons (Fsp3) is 0.310. The number of benzene rings is 3. The summed E-state index contributed by atoms with van der Waals surface area (Å²) in [6.07, 6.45) is 1.25. The molecule has 3 rings (SSSR count). The molecule has 3 aromatic rings. The van der Waals surface area contributed by atoms with Crippen molar-refractivity contribution in [2.75, 3.05) is 17.4 Å². The first kappa shape index (κ1) is 29.2. The molecule has 0 aromatic heterocycles. The van der Waals surface area contributed by atoms with Crippen molar-refractivity contribution in [3.05, 3.63) is 95.5 Å². The van der Waals surface area contributed by atoms with Crippen molar-refractivity contribution in [3.63, 3.8) is 0 Å². The number of anilines is 1. The average Bonchev–Trinajstić information content (AvgIpc) is 2.92. The van der Waals surface area contributed by atoms with E-state index in [4.69, 9.17) is 11.6 Å². The highest BCUT2D eigenvalue weighted by Crippen LogP contribution is 2.26. The van der Waals surface area contributed by atoms with Crippen molar-refractivity contribution in [3.8, 4) is 0 Å². The Balaban J connectivity index is 1.96. The highest BCUT2D eigenvalue weighted by atomic mass is 35.5. The van der Waals surface area contributed by atoms with E-state index in [1.54, 1.807) is 43.3 Å². The van der Waals surface area contributed by atoms with Gasteiger partial charge < -0.3 is 10.2 Å². The molecule has 0 saturated heterocycles. The summed E-state index contributed by atoms with van der Waals surface area (Å²) in [5.41, 5.74) is 1.26. The van der Waals surface area contributed by atoms with E-state index < -0.39 is 28.5 Å². The maximum atomic E-state index is 13.8. The van der Waals surface area contributed by atoms with Gasteiger partial charge in [0.2, 0.25) is 11.8 Å². The minimum Gasteiger partial charge on any atom is -0.352 e. The number of halogens is 1. The number of carbonyl (C=O) groups is 2. The molecule has 0 aliphatic rings. The molecule has 0 saturated carbocycles. The number of sulfonamides is 1. The van der Waals surface area contributed by atoms with Crippen molar-refractivity contribution >= 4 is 39.1 Å². The zero-order valence-electron chi connectivity index (χ0n) is 21.9. The zero-order chi connectivity index (χ0) is 27.7. The quantitative estimate of drug-likeness (QED) is 0.344. The topological polar surface area (TPSA) is 86.8 Å². The lowest BCUT2D eigenvalue weighted by molar-refractivity contribution is -0.139. The molecule has 1 N–H and O–H groups in total. The van der Waals surface area contributed by atoms with Crippen LogP contribution in [0.4, 0.5) is 5.69 Å². The van der Waals surface area contributed by atoms with Crippen LogP contribution in [0.1, 0.15) is 32.8 Å². The van der Waals surface area contributed by atoms with Gasteiger partial charge in [0.15, 0.2) is 0 Å². The molecule has 0 fully saturated rings. The molecule has 202 valence electrons. The largest absolute Gasteiger partial charge is 0.352 e. The van der Waals surface area contributed by atoms with E-state index in [0.717, 1.165) is 16.3 Å². The lowest BCUT2D eigenvalue weighted by Crippen LogP contribution is -2.53. The Morgan fingerprint density at radius 2 is 1.55 bits per heavy atom. The van der Waals surface area contributed by atoms with E-state index in [1.807, 2.05) is 44.2 Å². The van der Waals surface area contributed by atoms with Crippen LogP contribution >= 0.6 is 11.6 Å². The molecule has 38 heavy (non-hydrogen) atoms. The number of nitrogens with zero attached hydrogens (tertiary/aromatic N) is 2. The molecule has 0 bridgehead atoms. The Morgan fingerprint density at radius 1 is 0.921 bits per heavy atom. The molecule has 0 radical (unpaired) electrons. The van der Waals surface area contributed by atoms with Gasteiger partial charge in [0.1, 0.15) is 12.6 Å². The summed E-state index contributed by atoms with van der Waals surface area (Å²) in [5.74, 6) is -0.784. The van der Waals surface area contributed by atoms with Gasteiger partial charge in [0, 0.05) is 17.6 Å². The molecule has 0 heterocycles. The van der Waals surface area contributed by atoms with E-state index in [-0.39, 0.29) is 29.1 Å². The maximum Gasteiger partial charge on any atom is 0.264 e. The third-order valence-corrected chi connectivity index (χ3v) is 8.38. The molecule has 7 nitrogen and oxygen atoms in total. The molecular weight excluding hydrogens is 522 g/mol. The second-order valence-corrected chi connectivity index (χ2v) is 11.4. The van der Waals surface area contributed by atoms with Crippen LogP contribution in [0.2, 0.25) is 5.02 Å². The van der Waals surface area contributed by atoms with Crippen LogP contribution in [-0.2, 0) is 26.0 Å². The van der Waals surface area contributed by atoms with Crippen LogP contribution in [0.5, 0.6) is 0 Å². The molecule has 0 aliphatic heterocycles. The van der Waals surface area contributed by atoms with Gasteiger partial charge in [0.05, 0.1) is 10.6 Å². The minimum absolute atomic E-state index is 0.0474. The van der Waals surface area contributed by atoms with Crippen molar-refractivity contribution in [2.24, 2.45) is 0 Å². The van der Waals surface area contributed by atoms with Crippen molar-refractivity contribution in [1.82, 2.24) is 10.2 Å². The Hall–Kier alpha value is -3.36. The van der Waals surface area contributed by atoms with Gasteiger partial charge in [-0.3, -0.25) is 13.9 Å². The molecule has 9 heteroatoms. The van der Waals surface area contributed by atoms with Crippen molar-refractivity contribution < 1.29 is 18.0 Å². The summed E-state index contributed by atoms with van der Waals surface area (Å²) in [6, 6.07) is 23.0. The summed E-state index contributed by atoms with van der Waals surface area (Å²) in [6.45, 7) is 5.27. The molecule has 3 aromatic carbocycles. The first-order valence-electron chi connectivity index (χ1n) is 12.6. The fourth-order valence-electron chi connectivity index (χ4n) is 3.92. The Kier molecular flexibility index (Phi) is 10.3. The Morgan fingerprint density at radius 3 is 2.16 bits per heavy atom. The minimum atomic E-state index is -4.11. The van der Waals surface area contributed by atoms with Crippen LogP contribution in [0.15, 0.2) is 89.8 Å². The molecule has 2 amide bonds. The van der Waals surface area contributed by atoms with Gasteiger partial charge in [-0.05, 0) is 62.6 Å². The van der Waals surface area contributed by atoms with Crippen molar-refractivity contribution in [2.45, 2.75) is 50.6 Å². The number of hydrogen-bond acceptors (Lipinski definition) is 4. The Bertz CT molecular complexity index is 1320. The van der Waals surface area contributed by atoms with Gasteiger partial charge in [0.25, 0.3) is 10.0 Å². The van der Waals surface area contributed by atoms with Crippen LogP contribution < -0.4 is 9.62 Å². The number of rotatable bonds is 12. The second-order valence-electron chi connectivity index (χ2n) is 9.12. The predicted molar refractivity (Wildman–Crippen MR) is 152 cm³/mol. The lowest BCUT2D eigenvalue weighted by Gasteiger charge is -2.32. The van der Waals surface area contributed by atoms with Crippen molar-refractivity contribution in [1.29, 1.82) is 0 Å². The molecule has 0 spiro atoms. The van der Waals surface area contributed by atoms with Gasteiger partial charge >= 0.3 is 0 Å². The summed E-state index contributed by atoms with van der Waals surface area (Å²) in [5, 5.41) is 3.27. The van der Waals surface area contributed by atoms with E-state index in [0.29, 0.717) is 11.4 Å². The van der Waals surface area contributed by atoms with Gasteiger partial charge in [-0.25, -0.2) is 8.42 Å². The SMILES string of the molecule is CC[C@@H](C)NC(=O)[C@H](C)N(CCc1ccccc1)C(=O)CN(c1cccc(Cl)c1)S(=O)(=O)c1ccccc1. The molecule has 2 atom stereocenters. The van der Waals surface area contributed by atoms with E-state index in [2.05, 4.69) is 5.32 Å². The lowest BCUT2D eigenvalue weighted by atomic mass is 10.1. The van der Waals surface area contributed by atoms with E-state index in [9.17, 15) is 18.0 Å². The van der Waals surface area contributed by atoms with Gasteiger partial charge in [-0.15, -0.1) is 0 Å². The highest BCUT2D eigenvalue weighted by Gasteiger charge is 2.32. The zero-order valence-corrected chi connectivity index (χ0v) is 23.5. The first-order valence-corrected chi connectivity index (χ1v) is 14.4. The van der Waals surface area contributed by atoms with Gasteiger partial charge in [-0.2, -0.15) is 0 Å². The molecule has 0 aliphatic carbocycles. The predicted octanol–water partition coefficient (Wildman–Crippen LogP) is 4.91. The second kappa shape index (κ2) is 13.4. The first-order chi connectivity index (χ1) is 18.1. The third kappa shape index (κ3) is 7.58. The summed E-state index contributed by atoms with van der Waals surface area (Å²) in [7, 11) is -4.11. The fourth-order valence-corrected chi connectivity index (χ4v) is 5.53. The number of hydrogen-bond donors (Lipinski definition) is 1. The summed E-state index contributed by atoms with van der Waals surface area (Å²) >= 11 is 6.19. The molecule has 0 unspecified atom stereocenters. The van der Waals surface area contributed by atoms with Crippen LogP contribution in [0.25, 0.3) is 0 Å². The maximum absolute atomic E-state index is 13.8. The number of nitrogens with one attached hydrogen (secondary N) is 1. The summed E-state index contributed by atoms with van der Waals surface area (Å²) < 4.78 is 28.5. The Labute approximate surface area is 230 Å². The van der Waals surface area contributed by atoms with Crippen LogP contribution in [0.3, 0.4) is 0 Å². The highest BCUT2D eigenvalue weighted by molar-refractivity contribution is 7.92.